The van der Waals surface area contributed by atoms with Crippen LogP contribution in [0.1, 0.15) is 6.92 Å². The third-order valence-electron chi connectivity index (χ3n) is 2.92. The highest BCUT2D eigenvalue weighted by Gasteiger charge is 2.19. The van der Waals surface area contributed by atoms with Crippen molar-refractivity contribution in [3.8, 4) is 5.75 Å². The summed E-state index contributed by atoms with van der Waals surface area (Å²) in [5.41, 5.74) is 0.703. The second kappa shape index (κ2) is 7.21. The van der Waals surface area contributed by atoms with Crippen molar-refractivity contribution in [3.05, 3.63) is 24.3 Å². The van der Waals surface area contributed by atoms with E-state index in [2.05, 4.69) is 5.32 Å². The number of thiocarbonyl (C=S) groups is 1. The van der Waals surface area contributed by atoms with Crippen molar-refractivity contribution in [1.29, 1.82) is 0 Å². The first kappa shape index (κ1) is 14.7. The number of benzene rings is 1. The zero-order valence-electron chi connectivity index (χ0n) is 11.4. The van der Waals surface area contributed by atoms with Gasteiger partial charge in [-0.2, -0.15) is 0 Å². The molecule has 0 spiro atoms. The van der Waals surface area contributed by atoms with Crippen LogP contribution in [0.4, 0.5) is 5.69 Å². The summed E-state index contributed by atoms with van der Waals surface area (Å²) in [7, 11) is 0. The van der Waals surface area contributed by atoms with Crippen molar-refractivity contribution < 1.29 is 14.3 Å². The minimum absolute atomic E-state index is 0.258. The number of anilines is 1. The lowest BCUT2D eigenvalue weighted by Gasteiger charge is -2.28. The zero-order valence-corrected chi connectivity index (χ0v) is 12.2. The second-order valence-corrected chi connectivity index (χ2v) is 4.70. The molecule has 20 heavy (non-hydrogen) atoms. The standard InChI is InChI=1S/C14H18N2O3S/c1-2-19-12-5-3-11(4-6-12)15-13(17)14(20)16-7-9-18-10-8-16/h3-6H,2,7-10H2,1H3,(H,15,17). The molecule has 0 atom stereocenters. The third-order valence-corrected chi connectivity index (χ3v) is 3.36. The monoisotopic (exact) mass is 294 g/mol. The molecule has 0 aromatic heterocycles. The maximum Gasteiger partial charge on any atom is 0.283 e. The first-order valence-electron chi connectivity index (χ1n) is 6.61. The Hall–Kier alpha value is -1.66. The highest BCUT2D eigenvalue weighted by Crippen LogP contribution is 2.15. The van der Waals surface area contributed by atoms with Gasteiger partial charge in [0.1, 0.15) is 5.75 Å². The molecule has 0 saturated carbocycles. The molecule has 1 saturated heterocycles. The first-order chi connectivity index (χ1) is 9.70. The summed E-state index contributed by atoms with van der Waals surface area (Å²) in [6, 6.07) is 7.23. The average Bonchev–Trinajstić information content (AvgIpc) is 2.49. The van der Waals surface area contributed by atoms with E-state index in [1.54, 1.807) is 12.1 Å². The molecule has 5 nitrogen and oxygen atoms in total. The fourth-order valence-electron chi connectivity index (χ4n) is 1.90. The van der Waals surface area contributed by atoms with Crippen molar-refractivity contribution in [3.63, 3.8) is 0 Å². The molecule has 1 aliphatic rings. The van der Waals surface area contributed by atoms with Crippen LogP contribution in [0.25, 0.3) is 0 Å². The van der Waals surface area contributed by atoms with Gasteiger partial charge in [0.25, 0.3) is 5.91 Å². The summed E-state index contributed by atoms with van der Waals surface area (Å²) >= 11 is 5.20. The number of nitrogens with zero attached hydrogens (tertiary/aromatic N) is 1. The second-order valence-electron chi connectivity index (χ2n) is 4.32. The largest absolute Gasteiger partial charge is 0.494 e. The number of amides is 1. The van der Waals surface area contributed by atoms with Gasteiger partial charge in [-0.05, 0) is 31.2 Å². The minimum atomic E-state index is -0.258. The lowest BCUT2D eigenvalue weighted by molar-refractivity contribution is -0.111. The van der Waals surface area contributed by atoms with Crippen LogP contribution in [0.15, 0.2) is 24.3 Å². The number of hydrogen-bond donors (Lipinski definition) is 1. The van der Waals surface area contributed by atoms with E-state index in [1.165, 1.54) is 0 Å². The summed E-state index contributed by atoms with van der Waals surface area (Å²) < 4.78 is 10.6. The summed E-state index contributed by atoms with van der Waals surface area (Å²) in [5, 5.41) is 2.79. The van der Waals surface area contributed by atoms with Crippen LogP contribution in [-0.2, 0) is 9.53 Å². The molecule has 0 radical (unpaired) electrons. The molecule has 6 heteroatoms. The smallest absolute Gasteiger partial charge is 0.283 e. The quantitative estimate of drug-likeness (QED) is 0.860. The Balaban J connectivity index is 1.91. The van der Waals surface area contributed by atoms with Gasteiger partial charge >= 0.3 is 0 Å². The first-order valence-corrected chi connectivity index (χ1v) is 7.02. The molecule has 1 fully saturated rings. The van der Waals surface area contributed by atoms with E-state index in [0.29, 0.717) is 43.6 Å². The van der Waals surface area contributed by atoms with Crippen molar-refractivity contribution in [1.82, 2.24) is 4.90 Å². The molecule has 108 valence electrons. The molecular formula is C14H18N2O3S. The number of carbonyl (C=O) groups excluding carboxylic acids is 1. The van der Waals surface area contributed by atoms with E-state index in [-0.39, 0.29) is 5.91 Å². The van der Waals surface area contributed by atoms with Gasteiger partial charge in [0.05, 0.1) is 19.8 Å². The van der Waals surface area contributed by atoms with Gasteiger partial charge in [-0.1, -0.05) is 12.2 Å². The molecule has 0 bridgehead atoms. The topological polar surface area (TPSA) is 50.8 Å². The molecule has 1 heterocycles. The number of morpholine rings is 1. The zero-order chi connectivity index (χ0) is 14.4. The van der Waals surface area contributed by atoms with Crippen LogP contribution in [-0.4, -0.2) is 48.7 Å². The maximum absolute atomic E-state index is 12.1. The number of rotatable bonds is 3. The van der Waals surface area contributed by atoms with Crippen molar-refractivity contribution in [2.45, 2.75) is 6.92 Å². The Morgan fingerprint density at radius 1 is 1.35 bits per heavy atom. The van der Waals surface area contributed by atoms with Gasteiger partial charge in [-0.15, -0.1) is 0 Å². The van der Waals surface area contributed by atoms with Crippen LogP contribution in [0.2, 0.25) is 0 Å². The Bertz CT molecular complexity index is 470. The summed E-state index contributed by atoms with van der Waals surface area (Å²) in [6.07, 6.45) is 0. The van der Waals surface area contributed by atoms with Gasteiger partial charge < -0.3 is 19.7 Å². The SMILES string of the molecule is CCOc1ccc(NC(=O)C(=S)N2CCOCC2)cc1. The Morgan fingerprint density at radius 3 is 2.60 bits per heavy atom. The summed E-state index contributed by atoms with van der Waals surface area (Å²) in [5.74, 6) is 0.521. The highest BCUT2D eigenvalue weighted by molar-refractivity contribution is 7.82. The van der Waals surface area contributed by atoms with Crippen molar-refractivity contribution in [2.24, 2.45) is 0 Å². The lowest BCUT2D eigenvalue weighted by atomic mass is 10.3. The van der Waals surface area contributed by atoms with E-state index in [9.17, 15) is 4.79 Å². The van der Waals surface area contributed by atoms with Crippen LogP contribution in [0, 0.1) is 0 Å². The average molecular weight is 294 g/mol. The Morgan fingerprint density at radius 2 is 2.00 bits per heavy atom. The van der Waals surface area contributed by atoms with Gasteiger partial charge in [-0.3, -0.25) is 4.79 Å². The lowest BCUT2D eigenvalue weighted by Crippen LogP contribution is -2.44. The minimum Gasteiger partial charge on any atom is -0.494 e. The maximum atomic E-state index is 12.1. The van der Waals surface area contributed by atoms with Gasteiger partial charge in [-0.25, -0.2) is 0 Å². The van der Waals surface area contributed by atoms with Crippen LogP contribution in [0.5, 0.6) is 5.75 Å². The fourth-order valence-corrected chi connectivity index (χ4v) is 2.13. The molecule has 1 N–H and O–H groups in total. The predicted molar refractivity (Wildman–Crippen MR) is 81.2 cm³/mol. The van der Waals surface area contributed by atoms with Crippen molar-refractivity contribution >= 4 is 28.8 Å². The molecule has 1 aromatic rings. The summed E-state index contributed by atoms with van der Waals surface area (Å²) in [6.45, 7) is 5.08. The van der Waals surface area contributed by atoms with E-state index in [4.69, 9.17) is 21.7 Å². The number of carbonyl (C=O) groups is 1. The molecule has 1 amide bonds. The molecule has 2 rings (SSSR count). The van der Waals surface area contributed by atoms with Gasteiger partial charge in [0.15, 0.2) is 4.99 Å². The molecule has 0 unspecified atom stereocenters. The molecule has 1 aliphatic heterocycles. The normalized spacial score (nSPS) is 14.8. The third kappa shape index (κ3) is 3.91. The van der Waals surface area contributed by atoms with Crippen molar-refractivity contribution in [2.75, 3.05) is 38.2 Å². The number of hydrogen-bond acceptors (Lipinski definition) is 4. The van der Waals surface area contributed by atoms with E-state index >= 15 is 0 Å². The molecule has 1 aromatic carbocycles. The van der Waals surface area contributed by atoms with E-state index < -0.39 is 0 Å². The predicted octanol–water partition coefficient (Wildman–Crippen LogP) is 1.68. The fraction of sp³-hybridized carbons (Fsp3) is 0.429. The Kier molecular flexibility index (Phi) is 5.31. The summed E-state index contributed by atoms with van der Waals surface area (Å²) in [4.78, 5) is 14.2. The van der Waals surface area contributed by atoms with E-state index in [0.717, 1.165) is 5.75 Å². The highest BCUT2D eigenvalue weighted by atomic mass is 32.1. The van der Waals surface area contributed by atoms with Gasteiger partial charge in [0.2, 0.25) is 0 Å². The van der Waals surface area contributed by atoms with Gasteiger partial charge in [0, 0.05) is 18.8 Å². The molecular weight excluding hydrogens is 276 g/mol. The number of nitrogens with one attached hydrogen (secondary N) is 1. The Labute approximate surface area is 123 Å². The van der Waals surface area contributed by atoms with E-state index in [1.807, 2.05) is 24.0 Å². The number of ether oxygens (including phenoxy) is 2. The van der Waals surface area contributed by atoms with Crippen LogP contribution in [0.3, 0.4) is 0 Å². The van der Waals surface area contributed by atoms with Crippen LogP contribution >= 0.6 is 12.2 Å². The molecule has 0 aliphatic carbocycles. The van der Waals surface area contributed by atoms with Crippen LogP contribution < -0.4 is 10.1 Å².